The molecule has 3 rings (SSSR count). The van der Waals surface area contributed by atoms with Crippen molar-refractivity contribution in [2.75, 3.05) is 0 Å². The monoisotopic (exact) mass is 377 g/mol. The minimum atomic E-state index is -3.62. The first kappa shape index (κ1) is 18.5. The summed E-state index contributed by atoms with van der Waals surface area (Å²) in [6, 6.07) is 5.91. The molecule has 0 radical (unpaired) electrons. The van der Waals surface area contributed by atoms with Crippen molar-refractivity contribution in [3.05, 3.63) is 42.5 Å². The van der Waals surface area contributed by atoms with Gasteiger partial charge in [-0.1, -0.05) is 18.9 Å². The Morgan fingerprint density at radius 1 is 1.35 bits per heavy atom. The maximum atomic E-state index is 12.5. The van der Waals surface area contributed by atoms with Crippen molar-refractivity contribution in [2.24, 2.45) is 0 Å². The van der Waals surface area contributed by atoms with Gasteiger partial charge in [0.25, 0.3) is 5.91 Å². The normalized spacial score (nSPS) is 16.5. The smallest absolute Gasteiger partial charge is 0.251 e. The fourth-order valence-electron chi connectivity index (χ4n) is 3.10. The molecule has 8 nitrogen and oxygen atoms in total. The molecule has 0 bridgehead atoms. The van der Waals surface area contributed by atoms with Crippen LogP contribution < -0.4 is 10.0 Å². The van der Waals surface area contributed by atoms with Crippen molar-refractivity contribution < 1.29 is 13.2 Å². The maximum absolute atomic E-state index is 12.5. The van der Waals surface area contributed by atoms with Gasteiger partial charge in [0.15, 0.2) is 0 Å². The number of hydrogen-bond acceptors (Lipinski definition) is 5. The standard InChI is InChI=1S/C17H23N5O3S/c1-13(10-22-12-18-11-19-22)20-17(23)14-5-4-8-16(9-14)26(24,25)21-15-6-2-3-7-15/h4-5,8-9,11-13,15,21H,2-3,6-7,10H2,1H3,(H,20,23)/t13-/m1/s1. The zero-order valence-corrected chi connectivity index (χ0v) is 15.4. The van der Waals surface area contributed by atoms with Crippen molar-refractivity contribution in [2.45, 2.75) is 56.1 Å². The molecular formula is C17H23N5O3S. The number of carbonyl (C=O) groups is 1. The van der Waals surface area contributed by atoms with Crippen LogP contribution in [0.25, 0.3) is 0 Å². The van der Waals surface area contributed by atoms with E-state index in [9.17, 15) is 13.2 Å². The van der Waals surface area contributed by atoms with Crippen molar-refractivity contribution in [3.8, 4) is 0 Å². The third-order valence-electron chi connectivity index (χ3n) is 4.39. The molecule has 1 saturated carbocycles. The average Bonchev–Trinajstić information content (AvgIpc) is 3.28. The fraction of sp³-hybridized carbons (Fsp3) is 0.471. The lowest BCUT2D eigenvalue weighted by atomic mass is 10.2. The van der Waals surface area contributed by atoms with Gasteiger partial charge in [0, 0.05) is 17.6 Å². The SMILES string of the molecule is C[C@H](Cn1cncn1)NC(=O)c1cccc(S(=O)(=O)NC2CCCC2)c1. The third-order valence-corrected chi connectivity index (χ3v) is 5.91. The van der Waals surface area contributed by atoms with E-state index in [-0.39, 0.29) is 22.9 Å². The second-order valence-electron chi connectivity index (χ2n) is 6.62. The second kappa shape index (κ2) is 7.96. The summed E-state index contributed by atoms with van der Waals surface area (Å²) in [6.07, 6.45) is 6.81. The molecule has 2 N–H and O–H groups in total. The van der Waals surface area contributed by atoms with Crippen LogP contribution in [0.15, 0.2) is 41.8 Å². The van der Waals surface area contributed by atoms with Crippen molar-refractivity contribution in [3.63, 3.8) is 0 Å². The predicted octanol–water partition coefficient (Wildman–Crippen LogP) is 1.32. The Hall–Kier alpha value is -2.26. The highest BCUT2D eigenvalue weighted by Crippen LogP contribution is 2.20. The number of benzene rings is 1. The number of carbonyl (C=O) groups excluding carboxylic acids is 1. The van der Waals surface area contributed by atoms with Crippen LogP contribution in [0.4, 0.5) is 0 Å². The fourth-order valence-corrected chi connectivity index (χ4v) is 4.45. The van der Waals surface area contributed by atoms with E-state index in [1.165, 1.54) is 18.5 Å². The maximum Gasteiger partial charge on any atom is 0.251 e. The van der Waals surface area contributed by atoms with E-state index in [0.29, 0.717) is 12.1 Å². The van der Waals surface area contributed by atoms with Gasteiger partial charge in [0.05, 0.1) is 11.4 Å². The predicted molar refractivity (Wildman–Crippen MR) is 96.0 cm³/mol. The Morgan fingerprint density at radius 3 is 2.81 bits per heavy atom. The van der Waals surface area contributed by atoms with Crippen LogP contribution in [0.2, 0.25) is 0 Å². The second-order valence-corrected chi connectivity index (χ2v) is 8.34. The van der Waals surface area contributed by atoms with Gasteiger partial charge < -0.3 is 5.32 Å². The molecule has 9 heteroatoms. The summed E-state index contributed by atoms with van der Waals surface area (Å²) >= 11 is 0. The van der Waals surface area contributed by atoms with Crippen molar-refractivity contribution >= 4 is 15.9 Å². The topological polar surface area (TPSA) is 106 Å². The summed E-state index contributed by atoms with van der Waals surface area (Å²) < 4.78 is 29.4. The van der Waals surface area contributed by atoms with Gasteiger partial charge in [-0.3, -0.25) is 9.48 Å². The largest absolute Gasteiger partial charge is 0.348 e. The number of amides is 1. The first-order valence-corrected chi connectivity index (χ1v) is 10.2. The van der Waals surface area contributed by atoms with Gasteiger partial charge in [0.2, 0.25) is 10.0 Å². The molecule has 1 aliphatic rings. The number of nitrogens with zero attached hydrogens (tertiary/aromatic N) is 3. The molecule has 1 fully saturated rings. The Kier molecular flexibility index (Phi) is 5.67. The molecule has 1 aromatic carbocycles. The van der Waals surface area contributed by atoms with E-state index in [2.05, 4.69) is 20.1 Å². The molecular weight excluding hydrogens is 354 g/mol. The number of rotatable bonds is 7. The van der Waals surface area contributed by atoms with Gasteiger partial charge in [-0.25, -0.2) is 18.1 Å². The lowest BCUT2D eigenvalue weighted by molar-refractivity contribution is 0.0935. The van der Waals surface area contributed by atoms with Crippen LogP contribution in [-0.4, -0.2) is 41.2 Å². The van der Waals surface area contributed by atoms with E-state index < -0.39 is 10.0 Å². The van der Waals surface area contributed by atoms with Gasteiger partial charge in [-0.15, -0.1) is 0 Å². The van der Waals surface area contributed by atoms with Gasteiger partial charge in [-0.2, -0.15) is 5.10 Å². The lowest BCUT2D eigenvalue weighted by Gasteiger charge is -2.15. The quantitative estimate of drug-likeness (QED) is 0.757. The van der Waals surface area contributed by atoms with E-state index in [4.69, 9.17) is 0 Å². The first-order chi connectivity index (χ1) is 12.4. The van der Waals surface area contributed by atoms with Gasteiger partial charge in [-0.05, 0) is 38.0 Å². The summed E-state index contributed by atoms with van der Waals surface area (Å²) in [4.78, 5) is 16.4. The molecule has 0 saturated heterocycles. The minimum absolute atomic E-state index is 0.0137. The number of hydrogen-bond donors (Lipinski definition) is 2. The van der Waals surface area contributed by atoms with Gasteiger partial charge in [0.1, 0.15) is 12.7 Å². The molecule has 0 aliphatic heterocycles. The molecule has 1 amide bonds. The molecule has 26 heavy (non-hydrogen) atoms. The van der Waals surface area contributed by atoms with E-state index in [1.807, 2.05) is 6.92 Å². The Balaban J connectivity index is 1.66. The lowest BCUT2D eigenvalue weighted by Crippen LogP contribution is -2.36. The third kappa shape index (κ3) is 4.67. The van der Waals surface area contributed by atoms with Crippen LogP contribution in [0.5, 0.6) is 0 Å². The van der Waals surface area contributed by atoms with Crippen LogP contribution in [0, 0.1) is 0 Å². The summed E-state index contributed by atoms with van der Waals surface area (Å²) in [5.41, 5.74) is 0.310. The molecule has 140 valence electrons. The zero-order chi connectivity index (χ0) is 18.6. The highest BCUT2D eigenvalue weighted by atomic mass is 32.2. The summed E-state index contributed by atoms with van der Waals surface area (Å²) in [5.74, 6) is -0.324. The van der Waals surface area contributed by atoms with Crippen molar-refractivity contribution in [1.82, 2.24) is 24.8 Å². The molecule has 0 spiro atoms. The van der Waals surface area contributed by atoms with Gasteiger partial charge >= 0.3 is 0 Å². The summed E-state index contributed by atoms with van der Waals surface area (Å²) in [5, 5.41) is 6.84. The molecule has 1 heterocycles. The molecule has 2 aromatic rings. The first-order valence-electron chi connectivity index (χ1n) is 8.70. The van der Waals surface area contributed by atoms with Crippen LogP contribution in [-0.2, 0) is 16.6 Å². The number of sulfonamides is 1. The highest BCUT2D eigenvalue weighted by Gasteiger charge is 2.23. The highest BCUT2D eigenvalue weighted by molar-refractivity contribution is 7.89. The molecule has 1 aliphatic carbocycles. The Morgan fingerprint density at radius 2 is 2.12 bits per heavy atom. The van der Waals surface area contributed by atoms with E-state index >= 15 is 0 Å². The van der Waals surface area contributed by atoms with Crippen molar-refractivity contribution in [1.29, 1.82) is 0 Å². The summed E-state index contributed by atoms with van der Waals surface area (Å²) in [7, 11) is -3.62. The van der Waals surface area contributed by atoms with Crippen LogP contribution >= 0.6 is 0 Å². The van der Waals surface area contributed by atoms with E-state index in [1.54, 1.807) is 23.1 Å². The van der Waals surface area contributed by atoms with Crippen LogP contribution in [0.3, 0.4) is 0 Å². The van der Waals surface area contributed by atoms with Crippen LogP contribution in [0.1, 0.15) is 43.0 Å². The molecule has 0 unspecified atom stereocenters. The Bertz CT molecular complexity index is 845. The van der Waals surface area contributed by atoms with E-state index in [0.717, 1.165) is 25.7 Å². The summed E-state index contributed by atoms with van der Waals surface area (Å²) in [6.45, 7) is 2.33. The number of nitrogens with one attached hydrogen (secondary N) is 2. The molecule has 1 atom stereocenters. The average molecular weight is 377 g/mol. The molecule has 1 aromatic heterocycles. The zero-order valence-electron chi connectivity index (χ0n) is 14.6. The minimum Gasteiger partial charge on any atom is -0.348 e. The number of aromatic nitrogens is 3. The Labute approximate surface area is 153 Å².